The van der Waals surface area contributed by atoms with Crippen molar-refractivity contribution < 1.29 is 4.39 Å². The molecule has 1 atom stereocenters. The van der Waals surface area contributed by atoms with Crippen LogP contribution in [0.15, 0.2) is 28.1 Å². The fraction of sp³-hybridized carbons (Fsp3) is 0.0909. The highest BCUT2D eigenvalue weighted by Gasteiger charge is 2.21. The van der Waals surface area contributed by atoms with Crippen LogP contribution in [0.1, 0.15) is 15.8 Å². The molecule has 0 bridgehead atoms. The van der Waals surface area contributed by atoms with Gasteiger partial charge in [0.15, 0.2) is 0 Å². The minimum atomic E-state index is -0.641. The summed E-state index contributed by atoms with van der Waals surface area (Å²) in [4.78, 5) is 0.746. The lowest BCUT2D eigenvalue weighted by Gasteiger charge is -2.10. The molecule has 2 rings (SSSR count). The number of halogens is 5. The van der Waals surface area contributed by atoms with Crippen LogP contribution in [-0.2, 0) is 0 Å². The van der Waals surface area contributed by atoms with Crippen molar-refractivity contribution in [3.05, 3.63) is 54.4 Å². The van der Waals surface area contributed by atoms with E-state index >= 15 is 0 Å². The molecule has 0 spiro atoms. The summed E-state index contributed by atoms with van der Waals surface area (Å²) in [5.74, 6) is -0.418. The van der Waals surface area contributed by atoms with Gasteiger partial charge < -0.3 is 0 Å². The molecule has 0 N–H and O–H groups in total. The molecule has 17 heavy (non-hydrogen) atoms. The number of hydrogen-bond acceptors (Lipinski definition) is 1. The third-order valence-corrected chi connectivity index (χ3v) is 5.62. The molecule has 1 heterocycles. The second kappa shape index (κ2) is 5.45. The highest BCUT2D eigenvalue weighted by molar-refractivity contribution is 9.11. The summed E-state index contributed by atoms with van der Waals surface area (Å²) in [6.07, 6.45) is 0. The van der Waals surface area contributed by atoms with E-state index in [9.17, 15) is 4.39 Å². The zero-order valence-electron chi connectivity index (χ0n) is 8.18. The van der Waals surface area contributed by atoms with Gasteiger partial charge in [-0.15, -0.1) is 22.9 Å². The lowest BCUT2D eigenvalue weighted by Crippen LogP contribution is -1.95. The van der Waals surface area contributed by atoms with E-state index < -0.39 is 11.2 Å². The molecule has 0 radical (unpaired) electrons. The molecule has 0 saturated carbocycles. The zero-order chi connectivity index (χ0) is 12.6. The fourth-order valence-electron chi connectivity index (χ4n) is 1.38. The molecule has 0 aliphatic rings. The summed E-state index contributed by atoms with van der Waals surface area (Å²) < 4.78 is 14.5. The van der Waals surface area contributed by atoms with Crippen LogP contribution in [0.2, 0.25) is 10.0 Å². The smallest absolute Gasteiger partial charge is 0.129 e. The Balaban J connectivity index is 2.47. The van der Waals surface area contributed by atoms with Crippen LogP contribution in [0.5, 0.6) is 0 Å². The first-order valence-corrected chi connectivity index (χ1v) is 7.33. The molecule has 6 heteroatoms. The SMILES string of the molecule is Fc1cccc(Cl)c1C(Cl)c1cc(Cl)c(Br)s1. The summed E-state index contributed by atoms with van der Waals surface area (Å²) >= 11 is 22.8. The number of alkyl halides is 1. The van der Waals surface area contributed by atoms with E-state index in [0.717, 1.165) is 8.66 Å². The second-order valence-corrected chi connectivity index (χ2v) is 6.92. The number of thiophene rings is 1. The van der Waals surface area contributed by atoms with E-state index in [2.05, 4.69) is 15.9 Å². The van der Waals surface area contributed by atoms with Gasteiger partial charge in [-0.3, -0.25) is 0 Å². The van der Waals surface area contributed by atoms with E-state index in [1.165, 1.54) is 17.4 Å². The van der Waals surface area contributed by atoms with Gasteiger partial charge in [0.2, 0.25) is 0 Å². The van der Waals surface area contributed by atoms with Crippen LogP contribution in [0, 0.1) is 5.82 Å². The van der Waals surface area contributed by atoms with Gasteiger partial charge in [-0.25, -0.2) is 4.39 Å². The van der Waals surface area contributed by atoms with E-state index in [1.54, 1.807) is 18.2 Å². The summed E-state index contributed by atoms with van der Waals surface area (Å²) in [5, 5.41) is 0.228. The monoisotopic (exact) mass is 372 g/mol. The van der Waals surface area contributed by atoms with Gasteiger partial charge in [-0.05, 0) is 34.1 Å². The molecule has 1 aromatic heterocycles. The Morgan fingerprint density at radius 3 is 2.47 bits per heavy atom. The Morgan fingerprint density at radius 1 is 1.24 bits per heavy atom. The van der Waals surface area contributed by atoms with Crippen molar-refractivity contribution in [1.82, 2.24) is 0 Å². The maximum absolute atomic E-state index is 13.7. The van der Waals surface area contributed by atoms with Crippen molar-refractivity contribution in [1.29, 1.82) is 0 Å². The normalized spacial score (nSPS) is 12.8. The predicted octanol–water partition coefficient (Wildman–Crippen LogP) is 6.28. The van der Waals surface area contributed by atoms with Crippen molar-refractivity contribution in [2.75, 3.05) is 0 Å². The molecule has 90 valence electrons. The van der Waals surface area contributed by atoms with Crippen molar-refractivity contribution in [3.63, 3.8) is 0 Å². The zero-order valence-corrected chi connectivity index (χ0v) is 12.9. The van der Waals surface area contributed by atoms with Crippen molar-refractivity contribution in [2.24, 2.45) is 0 Å². The predicted molar refractivity (Wildman–Crippen MR) is 76.1 cm³/mol. The van der Waals surface area contributed by atoms with E-state index in [-0.39, 0.29) is 5.56 Å². The molecular formula is C11H5BrCl3FS. The number of hydrogen-bond donors (Lipinski definition) is 0. The first kappa shape index (κ1) is 13.6. The Morgan fingerprint density at radius 2 is 1.94 bits per heavy atom. The minimum absolute atomic E-state index is 0.279. The fourth-order valence-corrected chi connectivity index (χ4v) is 3.86. The molecule has 0 saturated heterocycles. The molecule has 0 fully saturated rings. The van der Waals surface area contributed by atoms with Crippen LogP contribution < -0.4 is 0 Å². The first-order valence-electron chi connectivity index (χ1n) is 4.53. The molecule has 0 amide bonds. The van der Waals surface area contributed by atoms with Gasteiger partial charge in [0, 0.05) is 15.5 Å². The number of rotatable bonds is 2. The van der Waals surface area contributed by atoms with Crippen LogP contribution in [-0.4, -0.2) is 0 Å². The van der Waals surface area contributed by atoms with E-state index in [1.807, 2.05) is 0 Å². The number of benzene rings is 1. The van der Waals surface area contributed by atoms with Crippen LogP contribution in [0.4, 0.5) is 4.39 Å². The molecule has 0 aliphatic carbocycles. The van der Waals surface area contributed by atoms with Gasteiger partial charge >= 0.3 is 0 Å². The van der Waals surface area contributed by atoms with Crippen molar-refractivity contribution >= 4 is 62.1 Å². The molecule has 0 nitrogen and oxygen atoms in total. The molecule has 1 aromatic carbocycles. The summed E-state index contributed by atoms with van der Waals surface area (Å²) in [6, 6.07) is 6.19. The second-order valence-electron chi connectivity index (χ2n) is 3.27. The van der Waals surface area contributed by atoms with Crippen LogP contribution >= 0.6 is 62.1 Å². The molecular weight excluding hydrogens is 369 g/mol. The van der Waals surface area contributed by atoms with Gasteiger partial charge in [-0.2, -0.15) is 0 Å². The summed E-state index contributed by atoms with van der Waals surface area (Å²) in [5.41, 5.74) is 0.279. The third kappa shape index (κ3) is 2.79. The topological polar surface area (TPSA) is 0 Å². The highest BCUT2D eigenvalue weighted by atomic mass is 79.9. The van der Waals surface area contributed by atoms with Gasteiger partial charge in [0.05, 0.1) is 14.2 Å². The Kier molecular flexibility index (Phi) is 4.37. The van der Waals surface area contributed by atoms with Crippen molar-refractivity contribution in [3.8, 4) is 0 Å². The lowest BCUT2D eigenvalue weighted by atomic mass is 10.1. The van der Waals surface area contributed by atoms with Gasteiger partial charge in [-0.1, -0.05) is 29.3 Å². The quantitative estimate of drug-likeness (QED) is 0.542. The Bertz CT molecular complexity index is 516. The maximum atomic E-state index is 13.7. The maximum Gasteiger partial charge on any atom is 0.129 e. The van der Waals surface area contributed by atoms with E-state index in [4.69, 9.17) is 34.8 Å². The minimum Gasteiger partial charge on any atom is -0.207 e. The summed E-state index contributed by atoms with van der Waals surface area (Å²) in [7, 11) is 0. The molecule has 0 aliphatic heterocycles. The average Bonchev–Trinajstić information content (AvgIpc) is 2.59. The highest BCUT2D eigenvalue weighted by Crippen LogP contribution is 2.42. The third-order valence-electron chi connectivity index (χ3n) is 2.17. The van der Waals surface area contributed by atoms with Crippen LogP contribution in [0.3, 0.4) is 0 Å². The average molecular weight is 374 g/mol. The lowest BCUT2D eigenvalue weighted by molar-refractivity contribution is 0.613. The van der Waals surface area contributed by atoms with E-state index in [0.29, 0.717) is 10.0 Å². The largest absolute Gasteiger partial charge is 0.207 e. The van der Waals surface area contributed by atoms with Crippen LogP contribution in [0.25, 0.3) is 0 Å². The van der Waals surface area contributed by atoms with Gasteiger partial charge in [0.1, 0.15) is 5.82 Å². The Labute approximate surface area is 125 Å². The van der Waals surface area contributed by atoms with Gasteiger partial charge in [0.25, 0.3) is 0 Å². The molecule has 1 unspecified atom stereocenters. The standard InChI is InChI=1S/C11H5BrCl3FS/c12-11-6(14)4-8(17-11)10(15)9-5(13)2-1-3-7(9)16/h1-4,10H. The first-order chi connectivity index (χ1) is 8.00. The Hall–Kier alpha value is 0.200. The van der Waals surface area contributed by atoms with Crippen molar-refractivity contribution in [2.45, 2.75) is 5.38 Å². The summed E-state index contributed by atoms with van der Waals surface area (Å²) in [6.45, 7) is 0. The molecule has 2 aromatic rings.